The number of thiophene rings is 1. The molecule has 1 saturated carbocycles. The summed E-state index contributed by atoms with van der Waals surface area (Å²) in [4.78, 5) is 15.4. The minimum atomic E-state index is 0.315. The highest BCUT2D eigenvalue weighted by Gasteiger charge is 2.19. The zero-order chi connectivity index (χ0) is 13.5. The lowest BCUT2D eigenvalue weighted by molar-refractivity contribution is 0.0970. The van der Waals surface area contributed by atoms with Crippen LogP contribution in [0.4, 0.5) is 0 Å². The standard InChI is InChI=1S/C16H25NOS/c1-2-17(14-8-4-3-5-9-14)12-6-10-15(18)16-11-7-13-19-16/h7,11,13-14H,2-6,8-10,12H2,1H3. The molecule has 0 spiro atoms. The Labute approximate surface area is 120 Å². The van der Waals surface area contributed by atoms with Gasteiger partial charge in [-0.2, -0.15) is 0 Å². The van der Waals surface area contributed by atoms with Gasteiger partial charge in [-0.25, -0.2) is 0 Å². The van der Waals surface area contributed by atoms with Crippen LogP contribution in [0.25, 0.3) is 0 Å². The van der Waals surface area contributed by atoms with Gasteiger partial charge in [0.25, 0.3) is 0 Å². The van der Waals surface area contributed by atoms with Crippen LogP contribution in [0, 0.1) is 0 Å². The molecule has 0 amide bonds. The van der Waals surface area contributed by atoms with Gasteiger partial charge >= 0.3 is 0 Å². The first-order valence-electron chi connectivity index (χ1n) is 7.62. The van der Waals surface area contributed by atoms with Crippen molar-refractivity contribution in [3.63, 3.8) is 0 Å². The fourth-order valence-corrected chi connectivity index (χ4v) is 3.74. The second-order valence-corrected chi connectivity index (χ2v) is 6.37. The zero-order valence-corrected chi connectivity index (χ0v) is 12.8. The number of carbonyl (C=O) groups excluding carboxylic acids is 1. The first-order chi connectivity index (χ1) is 9.31. The van der Waals surface area contributed by atoms with Gasteiger partial charge in [-0.05, 0) is 43.8 Å². The molecule has 0 aliphatic heterocycles. The summed E-state index contributed by atoms with van der Waals surface area (Å²) >= 11 is 1.56. The first-order valence-corrected chi connectivity index (χ1v) is 8.50. The van der Waals surface area contributed by atoms with E-state index in [0.717, 1.165) is 30.4 Å². The molecular weight excluding hydrogens is 254 g/mol. The highest BCUT2D eigenvalue weighted by atomic mass is 32.1. The Morgan fingerprint density at radius 2 is 2.16 bits per heavy atom. The summed E-state index contributed by atoms with van der Waals surface area (Å²) in [6, 6.07) is 4.67. The van der Waals surface area contributed by atoms with Crippen molar-refractivity contribution < 1.29 is 4.79 Å². The molecule has 1 heterocycles. The van der Waals surface area contributed by atoms with E-state index in [9.17, 15) is 4.79 Å². The monoisotopic (exact) mass is 279 g/mol. The lowest BCUT2D eigenvalue weighted by Gasteiger charge is -2.33. The Hall–Kier alpha value is -0.670. The highest BCUT2D eigenvalue weighted by molar-refractivity contribution is 7.12. The van der Waals surface area contributed by atoms with Crippen LogP contribution in [0.5, 0.6) is 0 Å². The number of Topliss-reactive ketones (excluding diaryl/α,β-unsaturated/α-hetero) is 1. The van der Waals surface area contributed by atoms with Gasteiger partial charge in [-0.3, -0.25) is 4.79 Å². The molecule has 2 rings (SSSR count). The zero-order valence-electron chi connectivity index (χ0n) is 11.9. The van der Waals surface area contributed by atoms with Crippen molar-refractivity contribution in [1.29, 1.82) is 0 Å². The molecule has 0 radical (unpaired) electrons. The van der Waals surface area contributed by atoms with Crippen molar-refractivity contribution >= 4 is 17.1 Å². The van der Waals surface area contributed by atoms with E-state index < -0.39 is 0 Å². The average molecular weight is 279 g/mol. The largest absolute Gasteiger partial charge is 0.301 e. The van der Waals surface area contributed by atoms with E-state index in [-0.39, 0.29) is 0 Å². The molecule has 1 aliphatic carbocycles. The third kappa shape index (κ3) is 4.43. The molecule has 1 aromatic rings. The first kappa shape index (κ1) is 14.7. The number of rotatable bonds is 7. The molecule has 1 aliphatic rings. The molecule has 0 bridgehead atoms. The Bertz CT molecular complexity index is 368. The van der Waals surface area contributed by atoms with E-state index in [1.54, 1.807) is 11.3 Å². The maximum absolute atomic E-state index is 11.9. The second-order valence-electron chi connectivity index (χ2n) is 5.42. The lowest BCUT2D eigenvalue weighted by atomic mass is 9.94. The summed E-state index contributed by atoms with van der Waals surface area (Å²) in [5.74, 6) is 0.315. The number of hydrogen-bond donors (Lipinski definition) is 0. The molecule has 0 unspecified atom stereocenters. The molecule has 19 heavy (non-hydrogen) atoms. The Balaban J connectivity index is 1.72. The number of nitrogens with zero attached hydrogens (tertiary/aromatic N) is 1. The number of carbonyl (C=O) groups is 1. The van der Waals surface area contributed by atoms with Crippen molar-refractivity contribution in [1.82, 2.24) is 4.90 Å². The summed E-state index contributed by atoms with van der Waals surface area (Å²) in [6.07, 6.45) is 8.58. The molecule has 1 aromatic heterocycles. The van der Waals surface area contributed by atoms with E-state index >= 15 is 0 Å². The van der Waals surface area contributed by atoms with Crippen LogP contribution in [0.3, 0.4) is 0 Å². The van der Waals surface area contributed by atoms with Gasteiger partial charge in [0, 0.05) is 12.5 Å². The summed E-state index contributed by atoms with van der Waals surface area (Å²) in [7, 11) is 0. The van der Waals surface area contributed by atoms with Crippen molar-refractivity contribution in [3.05, 3.63) is 22.4 Å². The predicted molar refractivity (Wildman–Crippen MR) is 82.0 cm³/mol. The minimum absolute atomic E-state index is 0.315. The quantitative estimate of drug-likeness (QED) is 0.691. The summed E-state index contributed by atoms with van der Waals surface area (Å²) in [5, 5.41) is 1.98. The van der Waals surface area contributed by atoms with Crippen LogP contribution >= 0.6 is 11.3 Å². The van der Waals surface area contributed by atoms with E-state index in [4.69, 9.17) is 0 Å². The van der Waals surface area contributed by atoms with E-state index in [2.05, 4.69) is 11.8 Å². The fourth-order valence-electron chi connectivity index (χ4n) is 3.05. The average Bonchev–Trinajstić information content (AvgIpc) is 2.98. The van der Waals surface area contributed by atoms with Crippen molar-refractivity contribution in [2.45, 2.75) is 57.9 Å². The topological polar surface area (TPSA) is 20.3 Å². The second kappa shape index (κ2) is 7.81. The molecule has 0 saturated heterocycles. The predicted octanol–water partition coefficient (Wildman–Crippen LogP) is 4.37. The number of ketones is 1. The van der Waals surface area contributed by atoms with E-state index in [1.807, 2.05) is 17.5 Å². The summed E-state index contributed by atoms with van der Waals surface area (Å²) in [6.45, 7) is 4.45. The molecule has 2 nitrogen and oxygen atoms in total. The smallest absolute Gasteiger partial charge is 0.172 e. The third-order valence-corrected chi connectivity index (χ3v) is 5.05. The summed E-state index contributed by atoms with van der Waals surface area (Å²) in [5.41, 5.74) is 0. The molecule has 106 valence electrons. The molecule has 1 fully saturated rings. The lowest BCUT2D eigenvalue weighted by Crippen LogP contribution is -2.37. The van der Waals surface area contributed by atoms with Gasteiger partial charge in [-0.1, -0.05) is 32.3 Å². The van der Waals surface area contributed by atoms with E-state index in [1.165, 1.54) is 32.1 Å². The van der Waals surface area contributed by atoms with Gasteiger partial charge < -0.3 is 4.90 Å². The molecule has 0 aromatic carbocycles. The minimum Gasteiger partial charge on any atom is -0.301 e. The van der Waals surface area contributed by atoms with Crippen LogP contribution in [0.2, 0.25) is 0 Å². The molecule has 0 N–H and O–H groups in total. The fraction of sp³-hybridized carbons (Fsp3) is 0.688. The maximum Gasteiger partial charge on any atom is 0.172 e. The highest BCUT2D eigenvalue weighted by Crippen LogP contribution is 2.23. The van der Waals surface area contributed by atoms with Crippen molar-refractivity contribution in [2.24, 2.45) is 0 Å². The van der Waals surface area contributed by atoms with Gasteiger partial charge in [0.2, 0.25) is 0 Å². The Kier molecular flexibility index (Phi) is 6.05. The van der Waals surface area contributed by atoms with Gasteiger partial charge in [0.15, 0.2) is 5.78 Å². The SMILES string of the molecule is CCN(CCCC(=O)c1cccs1)C1CCCCC1. The maximum atomic E-state index is 11.9. The van der Waals surface area contributed by atoms with Crippen LogP contribution in [0.1, 0.15) is 61.5 Å². The van der Waals surface area contributed by atoms with Crippen molar-refractivity contribution in [3.8, 4) is 0 Å². The van der Waals surface area contributed by atoms with Gasteiger partial charge in [0.05, 0.1) is 4.88 Å². The molecule has 3 heteroatoms. The Morgan fingerprint density at radius 1 is 1.37 bits per heavy atom. The van der Waals surface area contributed by atoms with Crippen LogP contribution in [-0.2, 0) is 0 Å². The normalized spacial score (nSPS) is 16.9. The van der Waals surface area contributed by atoms with E-state index in [0.29, 0.717) is 12.2 Å². The number of hydrogen-bond acceptors (Lipinski definition) is 3. The van der Waals surface area contributed by atoms with Gasteiger partial charge in [-0.15, -0.1) is 11.3 Å². The Morgan fingerprint density at radius 3 is 2.79 bits per heavy atom. The van der Waals surface area contributed by atoms with Crippen LogP contribution in [-0.4, -0.2) is 29.8 Å². The van der Waals surface area contributed by atoms with Gasteiger partial charge in [0.1, 0.15) is 0 Å². The molecular formula is C16H25NOS. The van der Waals surface area contributed by atoms with Crippen LogP contribution in [0.15, 0.2) is 17.5 Å². The molecule has 0 atom stereocenters. The van der Waals surface area contributed by atoms with Crippen LogP contribution < -0.4 is 0 Å². The summed E-state index contributed by atoms with van der Waals surface area (Å²) < 4.78 is 0. The third-order valence-electron chi connectivity index (χ3n) is 4.14. The van der Waals surface area contributed by atoms with Crippen molar-refractivity contribution in [2.75, 3.05) is 13.1 Å².